The van der Waals surface area contributed by atoms with Crippen molar-refractivity contribution in [2.75, 3.05) is 26.3 Å². The van der Waals surface area contributed by atoms with Crippen molar-refractivity contribution in [2.24, 2.45) is 0 Å². The summed E-state index contributed by atoms with van der Waals surface area (Å²) in [4.78, 5) is 19.3. The highest BCUT2D eigenvalue weighted by Gasteiger charge is 2.20. The van der Waals surface area contributed by atoms with Gasteiger partial charge in [0.05, 0.1) is 24.2 Å². The van der Waals surface area contributed by atoms with Crippen LogP contribution in [0.25, 0.3) is 11.0 Å². The van der Waals surface area contributed by atoms with Crippen LogP contribution in [0, 0.1) is 0 Å². The second kappa shape index (κ2) is 8.44. The molecule has 1 aliphatic heterocycles. The second-order valence-corrected chi connectivity index (χ2v) is 6.88. The summed E-state index contributed by atoms with van der Waals surface area (Å²) >= 11 is 0. The molecule has 28 heavy (non-hydrogen) atoms. The first-order chi connectivity index (χ1) is 13.7. The minimum Gasteiger partial charge on any atom is -0.486 e. The van der Waals surface area contributed by atoms with E-state index in [-0.39, 0.29) is 12.5 Å². The van der Waals surface area contributed by atoms with Crippen LogP contribution >= 0.6 is 0 Å². The van der Waals surface area contributed by atoms with Gasteiger partial charge < -0.3 is 18.9 Å². The van der Waals surface area contributed by atoms with Gasteiger partial charge in [-0.2, -0.15) is 0 Å². The number of hydrogen-bond acceptors (Lipinski definition) is 4. The second-order valence-electron chi connectivity index (χ2n) is 6.88. The lowest BCUT2D eigenvalue weighted by Crippen LogP contribution is -2.42. The summed E-state index contributed by atoms with van der Waals surface area (Å²) in [7, 11) is 0. The van der Waals surface area contributed by atoms with Crippen LogP contribution in [0.1, 0.15) is 18.3 Å². The molecule has 6 heteroatoms. The number of imidazole rings is 1. The Morgan fingerprint density at radius 2 is 1.86 bits per heavy atom. The van der Waals surface area contributed by atoms with E-state index in [0.29, 0.717) is 32.9 Å². The molecule has 2 heterocycles. The van der Waals surface area contributed by atoms with Crippen molar-refractivity contribution in [3.05, 3.63) is 59.9 Å². The summed E-state index contributed by atoms with van der Waals surface area (Å²) in [6, 6.07) is 16.0. The topological polar surface area (TPSA) is 56.6 Å². The Balaban J connectivity index is 1.54. The fraction of sp³-hybridized carbons (Fsp3) is 0.364. The van der Waals surface area contributed by atoms with Crippen LogP contribution in [-0.2, 0) is 29.1 Å². The van der Waals surface area contributed by atoms with E-state index in [4.69, 9.17) is 14.5 Å². The molecule has 0 N–H and O–H groups in total. The minimum atomic E-state index is 0.0833. The molecule has 3 aromatic rings. The van der Waals surface area contributed by atoms with Gasteiger partial charge in [0.1, 0.15) is 24.7 Å². The summed E-state index contributed by atoms with van der Waals surface area (Å²) in [6.45, 7) is 5.18. The number of carbonyl (C=O) groups is 1. The Bertz CT molecular complexity index is 943. The monoisotopic (exact) mass is 379 g/mol. The highest BCUT2D eigenvalue weighted by atomic mass is 16.5. The number of amides is 1. The Hall–Kier alpha value is -2.86. The van der Waals surface area contributed by atoms with E-state index in [2.05, 4.69) is 19.1 Å². The van der Waals surface area contributed by atoms with E-state index in [1.54, 1.807) is 0 Å². The van der Waals surface area contributed by atoms with Gasteiger partial charge in [0, 0.05) is 13.1 Å². The van der Waals surface area contributed by atoms with Crippen molar-refractivity contribution < 1.29 is 14.3 Å². The van der Waals surface area contributed by atoms with Crippen LogP contribution < -0.4 is 4.74 Å². The Morgan fingerprint density at radius 3 is 2.61 bits per heavy atom. The maximum atomic E-state index is 12.8. The van der Waals surface area contributed by atoms with Gasteiger partial charge in [0.15, 0.2) is 0 Å². The Kier molecular flexibility index (Phi) is 5.58. The number of benzene rings is 2. The Morgan fingerprint density at radius 1 is 1.11 bits per heavy atom. The third-order valence-corrected chi connectivity index (χ3v) is 5.09. The maximum absolute atomic E-state index is 12.8. The van der Waals surface area contributed by atoms with E-state index >= 15 is 0 Å². The van der Waals surface area contributed by atoms with Crippen molar-refractivity contribution >= 4 is 16.9 Å². The molecular weight excluding hydrogens is 354 g/mol. The lowest BCUT2D eigenvalue weighted by molar-refractivity contribution is -0.135. The number of aromatic nitrogens is 2. The molecule has 0 bridgehead atoms. The molecule has 0 radical (unpaired) electrons. The van der Waals surface area contributed by atoms with E-state index in [9.17, 15) is 4.79 Å². The summed E-state index contributed by atoms with van der Waals surface area (Å²) in [5, 5.41) is 0. The third-order valence-electron chi connectivity index (χ3n) is 5.09. The lowest BCUT2D eigenvalue weighted by atomic mass is 10.2. The Labute approximate surface area is 164 Å². The molecule has 1 saturated heterocycles. The molecule has 1 amide bonds. The molecular formula is C22H25N3O3. The molecule has 146 valence electrons. The number of morpholine rings is 1. The summed E-state index contributed by atoms with van der Waals surface area (Å²) < 4.78 is 13.3. The van der Waals surface area contributed by atoms with Crippen LogP contribution in [0.2, 0.25) is 0 Å². The standard InChI is InChI=1S/C22H25N3O3/c1-2-17-7-9-18(10-8-17)28-16-21-23-19-5-3-4-6-20(19)25(21)15-22(26)24-11-13-27-14-12-24/h3-10H,2,11-16H2,1H3. The zero-order valence-electron chi connectivity index (χ0n) is 16.1. The molecule has 0 aliphatic carbocycles. The molecule has 0 spiro atoms. The van der Waals surface area contributed by atoms with Crippen molar-refractivity contribution in [3.63, 3.8) is 0 Å². The first kappa shape index (κ1) is 18.5. The zero-order chi connectivity index (χ0) is 19.3. The lowest BCUT2D eigenvalue weighted by Gasteiger charge is -2.27. The molecule has 1 aliphatic rings. The largest absolute Gasteiger partial charge is 0.486 e. The van der Waals surface area contributed by atoms with Crippen LogP contribution in [-0.4, -0.2) is 46.7 Å². The summed E-state index contributed by atoms with van der Waals surface area (Å²) in [6.07, 6.45) is 1.000. The molecule has 2 aromatic carbocycles. The molecule has 1 fully saturated rings. The number of fused-ring (bicyclic) bond motifs is 1. The highest BCUT2D eigenvalue weighted by Crippen LogP contribution is 2.19. The molecule has 0 unspecified atom stereocenters. The van der Waals surface area contributed by atoms with Gasteiger partial charge in [-0.05, 0) is 36.2 Å². The third kappa shape index (κ3) is 4.02. The highest BCUT2D eigenvalue weighted by molar-refractivity contribution is 5.81. The summed E-state index contributed by atoms with van der Waals surface area (Å²) in [5.41, 5.74) is 3.09. The van der Waals surface area contributed by atoms with E-state index < -0.39 is 0 Å². The predicted molar refractivity (Wildman–Crippen MR) is 107 cm³/mol. The summed E-state index contributed by atoms with van der Waals surface area (Å²) in [5.74, 6) is 1.64. The first-order valence-electron chi connectivity index (χ1n) is 9.76. The molecule has 4 rings (SSSR count). The number of para-hydroxylation sites is 2. The van der Waals surface area contributed by atoms with Gasteiger partial charge >= 0.3 is 0 Å². The fourth-order valence-corrected chi connectivity index (χ4v) is 3.43. The van der Waals surface area contributed by atoms with Crippen LogP contribution in [0.4, 0.5) is 0 Å². The molecule has 1 aromatic heterocycles. The van der Waals surface area contributed by atoms with Gasteiger partial charge in [-0.3, -0.25) is 4.79 Å². The minimum absolute atomic E-state index is 0.0833. The van der Waals surface area contributed by atoms with Gasteiger partial charge in [0.25, 0.3) is 0 Å². The van der Waals surface area contributed by atoms with Crippen LogP contribution in [0.3, 0.4) is 0 Å². The fourth-order valence-electron chi connectivity index (χ4n) is 3.43. The van der Waals surface area contributed by atoms with Gasteiger partial charge in [-0.15, -0.1) is 0 Å². The quantitative estimate of drug-likeness (QED) is 0.661. The zero-order valence-corrected chi connectivity index (χ0v) is 16.1. The van der Waals surface area contributed by atoms with E-state index in [1.807, 2.05) is 45.9 Å². The number of ether oxygens (including phenoxy) is 2. The van der Waals surface area contributed by atoms with Crippen LogP contribution in [0.5, 0.6) is 5.75 Å². The van der Waals surface area contributed by atoms with Crippen molar-refractivity contribution in [1.82, 2.24) is 14.5 Å². The number of aryl methyl sites for hydroxylation is 1. The number of nitrogens with zero attached hydrogens (tertiary/aromatic N) is 3. The smallest absolute Gasteiger partial charge is 0.242 e. The number of carbonyl (C=O) groups excluding carboxylic acids is 1. The van der Waals surface area contributed by atoms with Gasteiger partial charge in [-0.1, -0.05) is 31.2 Å². The maximum Gasteiger partial charge on any atom is 0.242 e. The SMILES string of the molecule is CCc1ccc(OCc2nc3ccccc3n2CC(=O)N2CCOCC2)cc1. The van der Waals surface area contributed by atoms with Crippen molar-refractivity contribution in [3.8, 4) is 5.75 Å². The number of hydrogen-bond donors (Lipinski definition) is 0. The molecule has 6 nitrogen and oxygen atoms in total. The van der Waals surface area contributed by atoms with Gasteiger partial charge in [0.2, 0.25) is 5.91 Å². The van der Waals surface area contributed by atoms with Crippen LogP contribution in [0.15, 0.2) is 48.5 Å². The van der Waals surface area contributed by atoms with Crippen molar-refractivity contribution in [2.45, 2.75) is 26.5 Å². The van der Waals surface area contributed by atoms with Crippen molar-refractivity contribution in [1.29, 1.82) is 0 Å². The van der Waals surface area contributed by atoms with Gasteiger partial charge in [-0.25, -0.2) is 4.98 Å². The van der Waals surface area contributed by atoms with E-state index in [1.165, 1.54) is 5.56 Å². The average Bonchev–Trinajstić information content (AvgIpc) is 3.10. The first-order valence-corrected chi connectivity index (χ1v) is 9.76. The average molecular weight is 379 g/mol. The predicted octanol–water partition coefficient (Wildman–Crippen LogP) is 3.04. The molecule has 0 saturated carbocycles. The van der Waals surface area contributed by atoms with E-state index in [0.717, 1.165) is 29.0 Å². The molecule has 0 atom stereocenters. The number of rotatable bonds is 6. The normalized spacial score (nSPS) is 14.4.